The van der Waals surface area contributed by atoms with Crippen LogP contribution in [0.3, 0.4) is 0 Å². The Labute approximate surface area is 114 Å². The van der Waals surface area contributed by atoms with Crippen LogP contribution in [0.25, 0.3) is 10.4 Å². The second-order valence-corrected chi connectivity index (χ2v) is 5.04. The Morgan fingerprint density at radius 1 is 1.21 bits per heavy atom. The molecule has 0 aliphatic heterocycles. The molecule has 1 aromatic carbocycles. The van der Waals surface area contributed by atoms with Gasteiger partial charge in [-0.15, -0.1) is 0 Å². The summed E-state index contributed by atoms with van der Waals surface area (Å²) in [6.45, 7) is 0. The van der Waals surface area contributed by atoms with Crippen LogP contribution in [0.2, 0.25) is 0 Å². The van der Waals surface area contributed by atoms with Gasteiger partial charge in [-0.2, -0.15) is 0 Å². The molecule has 0 bridgehead atoms. The Bertz CT molecular complexity index is 486. The van der Waals surface area contributed by atoms with Crippen LogP contribution < -0.4 is 0 Å². The van der Waals surface area contributed by atoms with Crippen LogP contribution in [0, 0.1) is 17.8 Å². The van der Waals surface area contributed by atoms with Gasteiger partial charge in [-0.3, -0.25) is 0 Å². The lowest BCUT2D eigenvalue weighted by atomic mass is 9.83. The summed E-state index contributed by atoms with van der Waals surface area (Å²) in [4.78, 5) is 2.99. The van der Waals surface area contributed by atoms with Gasteiger partial charge in [-0.25, -0.2) is 0 Å². The van der Waals surface area contributed by atoms with Gasteiger partial charge in [0.1, 0.15) is 0 Å². The standard InChI is InChI=1S/C16H19N3/c17-19-18-16(15-11-5-2-6-12-15)13-7-10-14-8-3-1-4-9-14/h1,3-4,8-9,15-16H,2,5-6,11-13H2. The van der Waals surface area contributed by atoms with Crippen LogP contribution in [0.15, 0.2) is 35.4 Å². The Hall–Kier alpha value is -1.91. The monoisotopic (exact) mass is 253 g/mol. The van der Waals surface area contributed by atoms with Gasteiger partial charge in [0.15, 0.2) is 0 Å². The highest BCUT2D eigenvalue weighted by Crippen LogP contribution is 2.29. The van der Waals surface area contributed by atoms with Crippen molar-refractivity contribution in [3.63, 3.8) is 0 Å². The zero-order chi connectivity index (χ0) is 13.3. The SMILES string of the molecule is [N-]=[N+]=NC(CC#Cc1ccccc1)C1CCCCC1. The van der Waals surface area contributed by atoms with Crippen molar-refractivity contribution in [2.75, 3.05) is 0 Å². The molecule has 3 nitrogen and oxygen atoms in total. The minimum atomic E-state index is 0.0431. The molecule has 1 aliphatic carbocycles. The van der Waals surface area contributed by atoms with E-state index in [4.69, 9.17) is 5.53 Å². The first-order chi connectivity index (χ1) is 9.40. The molecule has 0 aromatic heterocycles. The highest BCUT2D eigenvalue weighted by atomic mass is 15.1. The summed E-state index contributed by atoms with van der Waals surface area (Å²) < 4.78 is 0. The molecule has 2 rings (SSSR count). The Balaban J connectivity index is 1.97. The van der Waals surface area contributed by atoms with Crippen LogP contribution >= 0.6 is 0 Å². The second kappa shape index (κ2) is 7.51. The molecule has 0 saturated heterocycles. The molecule has 1 fully saturated rings. The van der Waals surface area contributed by atoms with E-state index in [-0.39, 0.29) is 6.04 Å². The van der Waals surface area contributed by atoms with E-state index in [1.165, 1.54) is 32.1 Å². The van der Waals surface area contributed by atoms with E-state index < -0.39 is 0 Å². The molecule has 3 heteroatoms. The van der Waals surface area contributed by atoms with Crippen molar-refractivity contribution in [2.24, 2.45) is 11.0 Å². The lowest BCUT2D eigenvalue weighted by Crippen LogP contribution is -2.20. The van der Waals surface area contributed by atoms with Crippen LogP contribution in [-0.4, -0.2) is 6.04 Å². The van der Waals surface area contributed by atoms with E-state index in [0.29, 0.717) is 12.3 Å². The maximum absolute atomic E-state index is 8.69. The van der Waals surface area contributed by atoms with E-state index in [2.05, 4.69) is 21.9 Å². The summed E-state index contributed by atoms with van der Waals surface area (Å²) in [5, 5.41) is 3.96. The molecule has 1 aliphatic rings. The Morgan fingerprint density at radius 2 is 1.95 bits per heavy atom. The summed E-state index contributed by atoms with van der Waals surface area (Å²) in [6.07, 6.45) is 6.86. The highest BCUT2D eigenvalue weighted by molar-refractivity contribution is 5.33. The van der Waals surface area contributed by atoms with E-state index in [1.807, 2.05) is 30.3 Å². The molecule has 0 radical (unpaired) electrons. The van der Waals surface area contributed by atoms with Gasteiger partial charge in [0.05, 0.1) is 6.04 Å². The minimum absolute atomic E-state index is 0.0431. The minimum Gasteiger partial charge on any atom is -0.0975 e. The molecule has 0 spiro atoms. The zero-order valence-electron chi connectivity index (χ0n) is 11.1. The van der Waals surface area contributed by atoms with Crippen molar-refractivity contribution >= 4 is 0 Å². The Kier molecular flexibility index (Phi) is 5.34. The first kappa shape index (κ1) is 13.5. The Morgan fingerprint density at radius 3 is 2.63 bits per heavy atom. The average molecular weight is 253 g/mol. The molecule has 1 unspecified atom stereocenters. The van der Waals surface area contributed by atoms with Crippen molar-refractivity contribution in [1.29, 1.82) is 0 Å². The molecule has 1 aromatic rings. The number of hydrogen-bond acceptors (Lipinski definition) is 1. The van der Waals surface area contributed by atoms with Gasteiger partial charge in [-0.05, 0) is 23.6 Å². The summed E-state index contributed by atoms with van der Waals surface area (Å²) in [5.41, 5.74) is 9.71. The second-order valence-electron chi connectivity index (χ2n) is 5.04. The number of benzene rings is 1. The van der Waals surface area contributed by atoms with Crippen molar-refractivity contribution in [3.8, 4) is 11.8 Å². The molecular formula is C16H19N3. The highest BCUT2D eigenvalue weighted by Gasteiger charge is 2.21. The summed E-state index contributed by atoms with van der Waals surface area (Å²) >= 11 is 0. The van der Waals surface area contributed by atoms with Crippen molar-refractivity contribution in [2.45, 2.75) is 44.6 Å². The predicted octanol–water partition coefficient (Wildman–Crippen LogP) is 4.69. The fourth-order valence-electron chi connectivity index (χ4n) is 2.67. The third-order valence-electron chi connectivity index (χ3n) is 3.71. The first-order valence-corrected chi connectivity index (χ1v) is 6.98. The van der Waals surface area contributed by atoms with Gasteiger partial charge in [0.25, 0.3) is 0 Å². The smallest absolute Gasteiger partial charge is 0.0511 e. The van der Waals surface area contributed by atoms with Crippen molar-refractivity contribution in [3.05, 3.63) is 46.3 Å². The maximum atomic E-state index is 8.69. The topological polar surface area (TPSA) is 48.8 Å². The molecule has 0 N–H and O–H groups in total. The lowest BCUT2D eigenvalue weighted by molar-refractivity contribution is 0.307. The summed E-state index contributed by atoms with van der Waals surface area (Å²) in [6, 6.07) is 9.98. The van der Waals surface area contributed by atoms with Crippen LogP contribution in [0.5, 0.6) is 0 Å². The number of hydrogen-bond donors (Lipinski definition) is 0. The van der Waals surface area contributed by atoms with Gasteiger partial charge in [0, 0.05) is 16.9 Å². The molecule has 0 heterocycles. The van der Waals surface area contributed by atoms with Gasteiger partial charge >= 0.3 is 0 Å². The van der Waals surface area contributed by atoms with Gasteiger partial charge in [-0.1, -0.05) is 67.3 Å². The predicted molar refractivity (Wildman–Crippen MR) is 77.4 cm³/mol. The molecular weight excluding hydrogens is 234 g/mol. The van der Waals surface area contributed by atoms with E-state index in [9.17, 15) is 0 Å². The summed E-state index contributed by atoms with van der Waals surface area (Å²) in [7, 11) is 0. The maximum Gasteiger partial charge on any atom is 0.0511 e. The van der Waals surface area contributed by atoms with Gasteiger partial charge < -0.3 is 0 Å². The van der Waals surface area contributed by atoms with Crippen molar-refractivity contribution < 1.29 is 0 Å². The van der Waals surface area contributed by atoms with Crippen LogP contribution in [0.4, 0.5) is 0 Å². The average Bonchev–Trinajstić information content (AvgIpc) is 2.48. The normalized spacial score (nSPS) is 16.8. The first-order valence-electron chi connectivity index (χ1n) is 6.98. The van der Waals surface area contributed by atoms with E-state index in [0.717, 1.165) is 5.56 Å². The molecule has 1 saturated carbocycles. The molecule has 19 heavy (non-hydrogen) atoms. The van der Waals surface area contributed by atoms with Crippen LogP contribution in [-0.2, 0) is 0 Å². The van der Waals surface area contributed by atoms with Crippen molar-refractivity contribution in [1.82, 2.24) is 0 Å². The summed E-state index contributed by atoms with van der Waals surface area (Å²) in [5.74, 6) is 6.83. The number of rotatable bonds is 3. The number of azide groups is 1. The van der Waals surface area contributed by atoms with Crippen LogP contribution in [0.1, 0.15) is 44.1 Å². The molecule has 0 amide bonds. The fraction of sp³-hybridized carbons (Fsp3) is 0.500. The fourth-order valence-corrected chi connectivity index (χ4v) is 2.67. The lowest BCUT2D eigenvalue weighted by Gasteiger charge is -2.25. The largest absolute Gasteiger partial charge is 0.0975 e. The quantitative estimate of drug-likeness (QED) is 0.325. The third-order valence-corrected chi connectivity index (χ3v) is 3.71. The van der Waals surface area contributed by atoms with E-state index in [1.54, 1.807) is 0 Å². The van der Waals surface area contributed by atoms with E-state index >= 15 is 0 Å². The van der Waals surface area contributed by atoms with Gasteiger partial charge in [0.2, 0.25) is 0 Å². The number of nitrogens with zero attached hydrogens (tertiary/aromatic N) is 3. The third kappa shape index (κ3) is 4.35. The zero-order valence-corrected chi connectivity index (χ0v) is 11.1. The molecule has 98 valence electrons. The molecule has 1 atom stereocenters.